The minimum Gasteiger partial charge on any atom is -0.411 e. The lowest BCUT2D eigenvalue weighted by atomic mass is 10.1. The van der Waals surface area contributed by atoms with E-state index in [0.717, 1.165) is 0 Å². The van der Waals surface area contributed by atoms with Crippen LogP contribution in [0, 0.1) is 5.82 Å². The molecule has 3 heteroatoms. The van der Waals surface area contributed by atoms with Crippen LogP contribution in [0.25, 0.3) is 0 Å². The van der Waals surface area contributed by atoms with Gasteiger partial charge in [-0.3, -0.25) is 0 Å². The molecule has 0 aliphatic heterocycles. The summed E-state index contributed by atoms with van der Waals surface area (Å²) in [4.78, 5) is 0. The summed E-state index contributed by atoms with van der Waals surface area (Å²) in [5.41, 5.74) is 1.05. The van der Waals surface area contributed by atoms with Crippen molar-refractivity contribution < 1.29 is 9.60 Å². The molecular formula is C9H10FNO. The van der Waals surface area contributed by atoms with Crippen LogP contribution in [0.3, 0.4) is 0 Å². The van der Waals surface area contributed by atoms with E-state index >= 15 is 0 Å². The van der Waals surface area contributed by atoms with Crippen LogP contribution in [0.5, 0.6) is 0 Å². The minimum absolute atomic E-state index is 0.263. The summed E-state index contributed by atoms with van der Waals surface area (Å²) in [5.74, 6) is -0.263. The van der Waals surface area contributed by atoms with Crippen LogP contribution in [-0.2, 0) is 6.42 Å². The fraction of sp³-hybridized carbons (Fsp3) is 0.222. The van der Waals surface area contributed by atoms with Gasteiger partial charge in [-0.1, -0.05) is 23.4 Å². The Hall–Kier alpha value is -1.38. The molecule has 1 aromatic rings. The number of hydrogen-bond donors (Lipinski definition) is 1. The quantitative estimate of drug-likeness (QED) is 0.409. The van der Waals surface area contributed by atoms with Gasteiger partial charge in [-0.05, 0) is 18.6 Å². The highest BCUT2D eigenvalue weighted by molar-refractivity contribution is 5.83. The van der Waals surface area contributed by atoms with Crippen LogP contribution in [-0.4, -0.2) is 10.9 Å². The van der Waals surface area contributed by atoms with E-state index in [2.05, 4.69) is 5.16 Å². The van der Waals surface area contributed by atoms with E-state index < -0.39 is 0 Å². The highest BCUT2D eigenvalue weighted by Gasteiger charge is 2.01. The number of rotatable bonds is 2. The van der Waals surface area contributed by atoms with E-state index in [-0.39, 0.29) is 5.82 Å². The summed E-state index contributed by atoms with van der Waals surface area (Å²) in [6, 6.07) is 6.44. The molecule has 0 atom stereocenters. The van der Waals surface area contributed by atoms with Gasteiger partial charge in [0.25, 0.3) is 0 Å². The van der Waals surface area contributed by atoms with Gasteiger partial charge in [-0.2, -0.15) is 0 Å². The average molecular weight is 167 g/mol. The van der Waals surface area contributed by atoms with E-state index in [9.17, 15) is 4.39 Å². The van der Waals surface area contributed by atoms with E-state index in [1.54, 1.807) is 25.1 Å². The second-order valence-corrected chi connectivity index (χ2v) is 2.60. The first kappa shape index (κ1) is 8.71. The molecule has 0 saturated carbocycles. The van der Waals surface area contributed by atoms with Gasteiger partial charge >= 0.3 is 0 Å². The third kappa shape index (κ3) is 2.05. The highest BCUT2D eigenvalue weighted by Crippen LogP contribution is 2.07. The monoisotopic (exact) mass is 167 g/mol. The fourth-order valence-electron chi connectivity index (χ4n) is 0.953. The van der Waals surface area contributed by atoms with Crippen LogP contribution >= 0.6 is 0 Å². The van der Waals surface area contributed by atoms with Crippen LogP contribution in [0.4, 0.5) is 4.39 Å². The Bertz CT molecular complexity index is 296. The van der Waals surface area contributed by atoms with Crippen LogP contribution in [0.2, 0.25) is 0 Å². The Morgan fingerprint density at radius 3 is 2.75 bits per heavy atom. The molecule has 0 aliphatic carbocycles. The Kier molecular flexibility index (Phi) is 2.80. The average Bonchev–Trinajstić information content (AvgIpc) is 2.09. The molecular weight excluding hydrogens is 157 g/mol. The van der Waals surface area contributed by atoms with Gasteiger partial charge in [-0.15, -0.1) is 0 Å². The Morgan fingerprint density at radius 2 is 2.17 bits per heavy atom. The van der Waals surface area contributed by atoms with E-state index in [0.29, 0.717) is 17.7 Å². The largest absolute Gasteiger partial charge is 0.411 e. The maximum Gasteiger partial charge on any atom is 0.126 e. The Balaban J connectivity index is 2.82. The molecule has 0 saturated heterocycles. The van der Waals surface area contributed by atoms with Crippen LogP contribution in [0.1, 0.15) is 12.5 Å². The van der Waals surface area contributed by atoms with Gasteiger partial charge in [0.15, 0.2) is 0 Å². The van der Waals surface area contributed by atoms with Crippen molar-refractivity contribution in [1.29, 1.82) is 0 Å². The third-order valence-corrected chi connectivity index (χ3v) is 1.57. The summed E-state index contributed by atoms with van der Waals surface area (Å²) < 4.78 is 12.9. The summed E-state index contributed by atoms with van der Waals surface area (Å²) in [6.07, 6.45) is 0.350. The second-order valence-electron chi connectivity index (χ2n) is 2.60. The van der Waals surface area contributed by atoms with Crippen LogP contribution < -0.4 is 0 Å². The van der Waals surface area contributed by atoms with E-state index in [4.69, 9.17) is 5.21 Å². The molecule has 2 nitrogen and oxygen atoms in total. The first-order valence-corrected chi connectivity index (χ1v) is 3.65. The van der Waals surface area contributed by atoms with Gasteiger partial charge < -0.3 is 5.21 Å². The van der Waals surface area contributed by atoms with E-state index in [1.165, 1.54) is 6.07 Å². The van der Waals surface area contributed by atoms with Crippen molar-refractivity contribution in [1.82, 2.24) is 0 Å². The lowest BCUT2D eigenvalue weighted by molar-refractivity contribution is 0.317. The number of nitrogens with zero attached hydrogens (tertiary/aromatic N) is 1. The molecule has 0 amide bonds. The zero-order valence-electron chi connectivity index (χ0n) is 6.79. The molecule has 1 rings (SSSR count). The Labute approximate surface area is 70.3 Å². The summed E-state index contributed by atoms with van der Waals surface area (Å²) in [7, 11) is 0. The van der Waals surface area contributed by atoms with Crippen molar-refractivity contribution in [2.75, 3.05) is 0 Å². The SMILES string of the molecule is CC(Cc1ccccc1F)=NO. The summed E-state index contributed by atoms with van der Waals surface area (Å²) >= 11 is 0. The zero-order chi connectivity index (χ0) is 8.97. The first-order chi connectivity index (χ1) is 5.74. The lowest BCUT2D eigenvalue weighted by Gasteiger charge is -1.99. The molecule has 0 radical (unpaired) electrons. The highest BCUT2D eigenvalue weighted by atomic mass is 19.1. The molecule has 64 valence electrons. The fourth-order valence-corrected chi connectivity index (χ4v) is 0.953. The van der Waals surface area contributed by atoms with Crippen LogP contribution in [0.15, 0.2) is 29.4 Å². The third-order valence-electron chi connectivity index (χ3n) is 1.57. The minimum atomic E-state index is -0.263. The smallest absolute Gasteiger partial charge is 0.126 e. The number of benzene rings is 1. The molecule has 1 aromatic carbocycles. The predicted octanol–water partition coefficient (Wildman–Crippen LogP) is 2.22. The van der Waals surface area contributed by atoms with Crippen molar-refractivity contribution in [3.8, 4) is 0 Å². The second kappa shape index (κ2) is 3.85. The molecule has 0 unspecified atom stereocenters. The molecule has 0 spiro atoms. The van der Waals surface area contributed by atoms with Gasteiger partial charge in [0.05, 0.1) is 5.71 Å². The molecule has 0 bridgehead atoms. The van der Waals surface area contributed by atoms with Crippen molar-refractivity contribution in [2.45, 2.75) is 13.3 Å². The lowest BCUT2D eigenvalue weighted by Crippen LogP contribution is -1.99. The number of oxime groups is 1. The first-order valence-electron chi connectivity index (χ1n) is 3.65. The molecule has 0 aliphatic rings. The molecule has 0 fully saturated rings. The Morgan fingerprint density at radius 1 is 1.50 bits per heavy atom. The maximum absolute atomic E-state index is 12.9. The van der Waals surface area contributed by atoms with Gasteiger partial charge in [0, 0.05) is 6.42 Å². The van der Waals surface area contributed by atoms with Gasteiger partial charge in [0.1, 0.15) is 5.82 Å². The number of halogens is 1. The molecule has 0 aromatic heterocycles. The van der Waals surface area contributed by atoms with Crippen molar-refractivity contribution in [3.63, 3.8) is 0 Å². The van der Waals surface area contributed by atoms with Crippen molar-refractivity contribution >= 4 is 5.71 Å². The predicted molar refractivity (Wildman–Crippen MR) is 45.0 cm³/mol. The number of hydrogen-bond acceptors (Lipinski definition) is 2. The molecule has 0 heterocycles. The van der Waals surface area contributed by atoms with E-state index in [1.807, 2.05) is 0 Å². The molecule has 1 N–H and O–H groups in total. The summed E-state index contributed by atoms with van der Waals surface area (Å²) in [5, 5.41) is 11.3. The summed E-state index contributed by atoms with van der Waals surface area (Å²) in [6.45, 7) is 1.65. The van der Waals surface area contributed by atoms with Gasteiger partial charge in [-0.25, -0.2) is 4.39 Å². The zero-order valence-corrected chi connectivity index (χ0v) is 6.79. The van der Waals surface area contributed by atoms with Crippen molar-refractivity contribution in [2.24, 2.45) is 5.16 Å². The standard InChI is InChI=1S/C9H10FNO/c1-7(11-12)6-8-4-2-3-5-9(8)10/h2-5,12H,6H2,1H3. The topological polar surface area (TPSA) is 32.6 Å². The van der Waals surface area contributed by atoms with Crippen molar-refractivity contribution in [3.05, 3.63) is 35.6 Å². The normalized spacial score (nSPS) is 11.7. The molecule has 12 heavy (non-hydrogen) atoms. The van der Waals surface area contributed by atoms with Gasteiger partial charge in [0.2, 0.25) is 0 Å². The maximum atomic E-state index is 12.9.